The van der Waals surface area contributed by atoms with Gasteiger partial charge in [-0.15, -0.1) is 11.3 Å². The summed E-state index contributed by atoms with van der Waals surface area (Å²) in [7, 11) is 2.13. The number of thiophene rings is 1. The van der Waals surface area contributed by atoms with Crippen molar-refractivity contribution in [2.75, 3.05) is 11.9 Å². The number of anilines is 1. The average Bonchev–Trinajstić information content (AvgIpc) is 3.04. The minimum absolute atomic E-state index is 0.466. The first-order chi connectivity index (χ1) is 9.97. The molecule has 0 spiro atoms. The summed E-state index contributed by atoms with van der Waals surface area (Å²) >= 11 is 3.56. The van der Waals surface area contributed by atoms with Gasteiger partial charge in [0.15, 0.2) is 5.13 Å². The first-order valence-electron chi connectivity index (χ1n) is 7.42. The van der Waals surface area contributed by atoms with E-state index in [-0.39, 0.29) is 0 Å². The Labute approximate surface area is 136 Å². The summed E-state index contributed by atoms with van der Waals surface area (Å²) in [6, 6.07) is 2.68. The van der Waals surface area contributed by atoms with Gasteiger partial charge < -0.3 is 10.2 Å². The number of nitrogens with one attached hydrogen (secondary N) is 1. The van der Waals surface area contributed by atoms with Crippen LogP contribution in [0, 0.1) is 0 Å². The Kier molecular flexibility index (Phi) is 5.79. The second kappa shape index (κ2) is 7.38. The van der Waals surface area contributed by atoms with Crippen molar-refractivity contribution in [2.24, 2.45) is 0 Å². The van der Waals surface area contributed by atoms with Gasteiger partial charge in [0.05, 0.1) is 5.69 Å². The average molecular weight is 324 g/mol. The molecule has 2 aromatic heterocycles. The Balaban J connectivity index is 2.13. The number of aromatic nitrogens is 1. The highest BCUT2D eigenvalue weighted by Gasteiger charge is 2.16. The second-order valence-electron chi connectivity index (χ2n) is 5.98. The third kappa shape index (κ3) is 4.53. The van der Waals surface area contributed by atoms with Gasteiger partial charge in [0.1, 0.15) is 0 Å². The molecule has 0 saturated heterocycles. The van der Waals surface area contributed by atoms with Crippen LogP contribution in [0.4, 0.5) is 5.13 Å². The van der Waals surface area contributed by atoms with E-state index in [1.54, 1.807) is 11.3 Å². The molecule has 116 valence electrons. The molecule has 0 aromatic carbocycles. The maximum Gasteiger partial charge on any atom is 0.185 e. The van der Waals surface area contributed by atoms with Crippen LogP contribution in [-0.2, 0) is 13.1 Å². The molecule has 0 bridgehead atoms. The summed E-state index contributed by atoms with van der Waals surface area (Å²) in [5, 5.41) is 8.96. The molecule has 0 radical (unpaired) electrons. The van der Waals surface area contributed by atoms with Gasteiger partial charge in [-0.1, -0.05) is 27.7 Å². The smallest absolute Gasteiger partial charge is 0.185 e. The molecule has 0 unspecified atom stereocenters. The summed E-state index contributed by atoms with van der Waals surface area (Å²) in [5.41, 5.74) is 2.59. The van der Waals surface area contributed by atoms with E-state index in [0.717, 1.165) is 18.2 Å². The molecule has 0 aliphatic heterocycles. The van der Waals surface area contributed by atoms with E-state index in [9.17, 15) is 0 Å². The summed E-state index contributed by atoms with van der Waals surface area (Å²) in [5.74, 6) is 0.466. The largest absolute Gasteiger partial charge is 0.347 e. The maximum atomic E-state index is 4.88. The van der Waals surface area contributed by atoms with Crippen molar-refractivity contribution in [1.29, 1.82) is 0 Å². The molecular weight excluding hydrogens is 298 g/mol. The molecule has 21 heavy (non-hydrogen) atoms. The Morgan fingerprint density at radius 2 is 2.05 bits per heavy atom. The lowest BCUT2D eigenvalue weighted by Gasteiger charge is -2.14. The van der Waals surface area contributed by atoms with Crippen LogP contribution in [-0.4, -0.2) is 18.1 Å². The number of rotatable bonds is 7. The quantitative estimate of drug-likeness (QED) is 0.815. The molecule has 0 fully saturated rings. The fourth-order valence-corrected chi connectivity index (χ4v) is 3.90. The molecule has 2 rings (SSSR count). The van der Waals surface area contributed by atoms with Gasteiger partial charge in [0.25, 0.3) is 0 Å². The van der Waals surface area contributed by atoms with E-state index < -0.39 is 0 Å². The third-order valence-corrected chi connectivity index (χ3v) is 5.18. The highest BCUT2D eigenvalue weighted by atomic mass is 32.1. The van der Waals surface area contributed by atoms with Gasteiger partial charge in [-0.2, -0.15) is 11.3 Å². The van der Waals surface area contributed by atoms with Crippen molar-refractivity contribution in [3.8, 4) is 0 Å². The standard InChI is InChI=1S/C16H25N3S2/c1-11(2)15-14(8-17-12(3)4)21-16(18-15)19(5)9-13-6-7-20-10-13/h6-7,10-12,17H,8-9H2,1-5H3. The molecule has 0 saturated carbocycles. The molecule has 2 aromatic rings. The van der Waals surface area contributed by atoms with Crippen molar-refractivity contribution in [3.05, 3.63) is 33.0 Å². The molecule has 0 aliphatic rings. The zero-order valence-electron chi connectivity index (χ0n) is 13.5. The number of nitrogens with zero attached hydrogens (tertiary/aromatic N) is 2. The molecule has 2 heterocycles. The molecule has 1 N–H and O–H groups in total. The van der Waals surface area contributed by atoms with Crippen molar-refractivity contribution < 1.29 is 0 Å². The number of hydrogen-bond donors (Lipinski definition) is 1. The Morgan fingerprint density at radius 3 is 2.62 bits per heavy atom. The monoisotopic (exact) mass is 323 g/mol. The predicted molar refractivity (Wildman–Crippen MR) is 94.6 cm³/mol. The van der Waals surface area contributed by atoms with Gasteiger partial charge in [-0.3, -0.25) is 0 Å². The van der Waals surface area contributed by atoms with Gasteiger partial charge >= 0.3 is 0 Å². The van der Waals surface area contributed by atoms with Crippen molar-refractivity contribution >= 4 is 27.8 Å². The van der Waals surface area contributed by atoms with Gasteiger partial charge in [0, 0.05) is 31.1 Å². The van der Waals surface area contributed by atoms with E-state index in [1.807, 2.05) is 11.3 Å². The van der Waals surface area contributed by atoms with E-state index in [4.69, 9.17) is 4.98 Å². The van der Waals surface area contributed by atoms with E-state index >= 15 is 0 Å². The SMILES string of the molecule is CC(C)NCc1sc(N(C)Cc2ccsc2)nc1C(C)C. The van der Waals surface area contributed by atoms with Crippen molar-refractivity contribution in [1.82, 2.24) is 10.3 Å². The van der Waals surface area contributed by atoms with Gasteiger partial charge in [-0.25, -0.2) is 4.98 Å². The topological polar surface area (TPSA) is 28.2 Å². The van der Waals surface area contributed by atoms with Crippen LogP contribution in [0.2, 0.25) is 0 Å². The molecule has 0 aliphatic carbocycles. The first-order valence-corrected chi connectivity index (χ1v) is 9.18. The van der Waals surface area contributed by atoms with Crippen LogP contribution in [0.1, 0.15) is 49.7 Å². The van der Waals surface area contributed by atoms with E-state index in [1.165, 1.54) is 16.1 Å². The number of thiazole rings is 1. The predicted octanol–water partition coefficient (Wildman–Crippen LogP) is 4.46. The van der Waals surface area contributed by atoms with Gasteiger partial charge in [0.2, 0.25) is 0 Å². The lowest BCUT2D eigenvalue weighted by Crippen LogP contribution is -2.22. The molecule has 3 nitrogen and oxygen atoms in total. The van der Waals surface area contributed by atoms with E-state index in [0.29, 0.717) is 12.0 Å². The molecule has 5 heteroatoms. The van der Waals surface area contributed by atoms with Crippen molar-refractivity contribution in [2.45, 2.75) is 52.7 Å². The molecule has 0 atom stereocenters. The third-order valence-electron chi connectivity index (χ3n) is 3.26. The van der Waals surface area contributed by atoms with Crippen molar-refractivity contribution in [3.63, 3.8) is 0 Å². The normalized spacial score (nSPS) is 11.6. The fourth-order valence-electron chi connectivity index (χ4n) is 2.11. The summed E-state index contributed by atoms with van der Waals surface area (Å²) in [6.07, 6.45) is 0. The summed E-state index contributed by atoms with van der Waals surface area (Å²) < 4.78 is 0. The fraction of sp³-hybridized carbons (Fsp3) is 0.562. The molecular formula is C16H25N3S2. The summed E-state index contributed by atoms with van der Waals surface area (Å²) in [4.78, 5) is 8.49. The van der Waals surface area contributed by atoms with Crippen LogP contribution in [0.15, 0.2) is 16.8 Å². The van der Waals surface area contributed by atoms with Crippen LogP contribution < -0.4 is 10.2 Å². The van der Waals surface area contributed by atoms with Gasteiger partial charge in [-0.05, 0) is 28.3 Å². The lowest BCUT2D eigenvalue weighted by molar-refractivity contribution is 0.588. The Hall–Kier alpha value is -0.910. The molecule has 0 amide bonds. The minimum atomic E-state index is 0.466. The second-order valence-corrected chi connectivity index (χ2v) is 7.82. The van der Waals surface area contributed by atoms with Crippen LogP contribution in [0.25, 0.3) is 0 Å². The maximum absolute atomic E-state index is 4.88. The van der Waals surface area contributed by atoms with Crippen LogP contribution in [0.3, 0.4) is 0 Å². The zero-order valence-corrected chi connectivity index (χ0v) is 15.1. The van der Waals surface area contributed by atoms with E-state index in [2.05, 4.69) is 61.8 Å². The highest BCUT2D eigenvalue weighted by molar-refractivity contribution is 7.15. The van der Waals surface area contributed by atoms with Crippen LogP contribution >= 0.6 is 22.7 Å². The number of hydrogen-bond acceptors (Lipinski definition) is 5. The first kappa shape index (κ1) is 16.5. The summed E-state index contributed by atoms with van der Waals surface area (Å²) in [6.45, 7) is 10.6. The highest BCUT2D eigenvalue weighted by Crippen LogP contribution is 2.31. The Bertz CT molecular complexity index is 544. The van der Waals surface area contributed by atoms with Crippen LogP contribution in [0.5, 0.6) is 0 Å². The lowest BCUT2D eigenvalue weighted by atomic mass is 10.1. The Morgan fingerprint density at radius 1 is 1.29 bits per heavy atom. The zero-order chi connectivity index (χ0) is 15.4. The minimum Gasteiger partial charge on any atom is -0.347 e.